The van der Waals surface area contributed by atoms with Gasteiger partial charge >= 0.3 is 0 Å². The molecule has 0 saturated carbocycles. The summed E-state index contributed by atoms with van der Waals surface area (Å²) >= 11 is 12.0. The number of halogens is 2. The highest BCUT2D eigenvalue weighted by Gasteiger charge is 2.18. The van der Waals surface area contributed by atoms with Crippen LogP contribution in [0.25, 0.3) is 0 Å². The van der Waals surface area contributed by atoms with Crippen LogP contribution in [0.15, 0.2) is 42.5 Å². The minimum absolute atomic E-state index is 0.0862. The zero-order valence-corrected chi connectivity index (χ0v) is 17.0. The van der Waals surface area contributed by atoms with Gasteiger partial charge in [0.25, 0.3) is 5.91 Å². The Bertz CT molecular complexity index is 887. The van der Waals surface area contributed by atoms with E-state index < -0.39 is 17.9 Å². The zero-order chi connectivity index (χ0) is 20.7. The van der Waals surface area contributed by atoms with Gasteiger partial charge in [-0.15, -0.1) is 0 Å². The predicted octanol–water partition coefficient (Wildman–Crippen LogP) is 3.57. The van der Waals surface area contributed by atoms with Crippen LogP contribution in [0, 0.1) is 6.92 Å². The Hall–Kier alpha value is -2.57. The molecule has 0 radical (unpaired) electrons. The van der Waals surface area contributed by atoms with E-state index in [0.29, 0.717) is 21.3 Å². The number of nitrogens with one attached hydrogen (secondary N) is 3. The molecule has 2 aromatic carbocycles. The summed E-state index contributed by atoms with van der Waals surface area (Å²) in [6, 6.07) is 11.0. The number of amides is 3. The number of anilines is 1. The van der Waals surface area contributed by atoms with Gasteiger partial charge in [0.05, 0.1) is 10.6 Å². The summed E-state index contributed by atoms with van der Waals surface area (Å²) < 4.78 is 0. The molecule has 6 nitrogen and oxygen atoms in total. The summed E-state index contributed by atoms with van der Waals surface area (Å²) in [5.74, 6) is -1.09. The lowest BCUT2D eigenvalue weighted by molar-refractivity contribution is -0.122. The molecule has 2 rings (SSSR count). The van der Waals surface area contributed by atoms with Crippen molar-refractivity contribution in [2.45, 2.75) is 26.3 Å². The van der Waals surface area contributed by atoms with Crippen molar-refractivity contribution in [1.29, 1.82) is 0 Å². The predicted molar refractivity (Wildman–Crippen MR) is 111 cm³/mol. The van der Waals surface area contributed by atoms with Crippen LogP contribution in [0.1, 0.15) is 29.3 Å². The summed E-state index contributed by atoms with van der Waals surface area (Å²) in [6.07, 6.45) is 0.0862. The molecular weight excluding hydrogens is 401 g/mol. The molecule has 148 valence electrons. The Morgan fingerprint density at radius 1 is 1.00 bits per heavy atom. The molecule has 8 heteroatoms. The highest BCUT2D eigenvalue weighted by atomic mass is 35.5. The zero-order valence-electron chi connectivity index (χ0n) is 15.5. The molecule has 0 spiro atoms. The fraction of sp³-hybridized carbons (Fsp3) is 0.250. The highest BCUT2D eigenvalue weighted by molar-refractivity contribution is 6.33. The smallest absolute Gasteiger partial charge is 0.253 e. The maximum atomic E-state index is 12.2. The monoisotopic (exact) mass is 421 g/mol. The maximum absolute atomic E-state index is 12.2. The first-order chi connectivity index (χ1) is 13.3. The number of hydrogen-bond donors (Lipinski definition) is 3. The summed E-state index contributed by atoms with van der Waals surface area (Å²) in [6.45, 7) is 3.50. The van der Waals surface area contributed by atoms with Crippen molar-refractivity contribution < 1.29 is 14.4 Å². The highest BCUT2D eigenvalue weighted by Crippen LogP contribution is 2.22. The largest absolute Gasteiger partial charge is 0.354 e. The molecule has 28 heavy (non-hydrogen) atoms. The molecule has 0 aliphatic carbocycles. The standard InChI is InChI=1S/C20H21Cl2N3O3/c1-12-15(21)8-5-9-17(12)25-18(26)10-11-23-19(27)13(2)24-20(28)14-6-3-4-7-16(14)22/h3-9,13H,10-11H2,1-2H3,(H,23,27)(H,24,28)(H,25,26). The second kappa shape index (κ2) is 10.1. The van der Waals surface area contributed by atoms with E-state index in [2.05, 4.69) is 16.0 Å². The van der Waals surface area contributed by atoms with E-state index in [1.807, 2.05) is 6.92 Å². The van der Waals surface area contributed by atoms with Crippen LogP contribution in [-0.4, -0.2) is 30.3 Å². The van der Waals surface area contributed by atoms with Gasteiger partial charge in [0, 0.05) is 23.7 Å². The molecule has 0 aromatic heterocycles. The Kier molecular flexibility index (Phi) is 7.84. The number of hydrogen-bond acceptors (Lipinski definition) is 3. The van der Waals surface area contributed by atoms with Crippen LogP contribution < -0.4 is 16.0 Å². The Morgan fingerprint density at radius 3 is 2.39 bits per heavy atom. The SMILES string of the molecule is Cc1c(Cl)cccc1NC(=O)CCNC(=O)C(C)NC(=O)c1ccccc1Cl. The van der Waals surface area contributed by atoms with E-state index in [1.165, 1.54) is 0 Å². The van der Waals surface area contributed by atoms with E-state index in [1.54, 1.807) is 49.4 Å². The second-order valence-corrected chi connectivity index (χ2v) is 6.99. The summed E-state index contributed by atoms with van der Waals surface area (Å²) in [4.78, 5) is 36.3. The van der Waals surface area contributed by atoms with Crippen molar-refractivity contribution in [2.24, 2.45) is 0 Å². The van der Waals surface area contributed by atoms with Crippen LogP contribution in [0.3, 0.4) is 0 Å². The maximum Gasteiger partial charge on any atom is 0.253 e. The lowest BCUT2D eigenvalue weighted by Crippen LogP contribution is -2.45. The van der Waals surface area contributed by atoms with Gasteiger partial charge in [-0.3, -0.25) is 14.4 Å². The average molecular weight is 422 g/mol. The quantitative estimate of drug-likeness (QED) is 0.638. The topological polar surface area (TPSA) is 87.3 Å². The Balaban J connectivity index is 1.78. The molecule has 3 amide bonds. The average Bonchev–Trinajstić information content (AvgIpc) is 2.65. The van der Waals surface area contributed by atoms with Gasteiger partial charge in [-0.25, -0.2) is 0 Å². The van der Waals surface area contributed by atoms with E-state index in [4.69, 9.17) is 23.2 Å². The number of carbonyl (C=O) groups excluding carboxylic acids is 3. The van der Waals surface area contributed by atoms with E-state index in [9.17, 15) is 14.4 Å². The van der Waals surface area contributed by atoms with E-state index in [-0.39, 0.29) is 18.9 Å². The van der Waals surface area contributed by atoms with Gasteiger partial charge in [0.2, 0.25) is 11.8 Å². The van der Waals surface area contributed by atoms with Gasteiger partial charge in [-0.05, 0) is 43.7 Å². The molecule has 0 aliphatic heterocycles. The Labute approximate surface area is 173 Å². The molecule has 2 aromatic rings. The normalized spacial score (nSPS) is 11.4. The molecule has 0 bridgehead atoms. The summed E-state index contributed by atoms with van der Waals surface area (Å²) in [5.41, 5.74) is 1.70. The third-order valence-corrected chi connectivity index (χ3v) is 4.79. The molecule has 0 heterocycles. The van der Waals surface area contributed by atoms with Gasteiger partial charge in [0.1, 0.15) is 6.04 Å². The van der Waals surface area contributed by atoms with Crippen LogP contribution in [-0.2, 0) is 9.59 Å². The lowest BCUT2D eigenvalue weighted by atomic mass is 10.2. The minimum Gasteiger partial charge on any atom is -0.354 e. The van der Waals surface area contributed by atoms with Gasteiger partial charge in [0.15, 0.2) is 0 Å². The number of carbonyl (C=O) groups is 3. The van der Waals surface area contributed by atoms with Gasteiger partial charge < -0.3 is 16.0 Å². The van der Waals surface area contributed by atoms with Crippen molar-refractivity contribution in [1.82, 2.24) is 10.6 Å². The van der Waals surface area contributed by atoms with Crippen molar-refractivity contribution in [3.05, 3.63) is 63.6 Å². The van der Waals surface area contributed by atoms with Crippen molar-refractivity contribution in [3.63, 3.8) is 0 Å². The van der Waals surface area contributed by atoms with Crippen LogP contribution in [0.2, 0.25) is 10.0 Å². The minimum atomic E-state index is -0.776. The van der Waals surface area contributed by atoms with Crippen LogP contribution >= 0.6 is 23.2 Å². The summed E-state index contributed by atoms with van der Waals surface area (Å²) in [7, 11) is 0. The first-order valence-corrected chi connectivity index (χ1v) is 9.43. The molecule has 0 saturated heterocycles. The fourth-order valence-electron chi connectivity index (χ4n) is 2.39. The molecule has 1 unspecified atom stereocenters. The molecule has 3 N–H and O–H groups in total. The third kappa shape index (κ3) is 5.97. The fourth-order valence-corrected chi connectivity index (χ4v) is 2.79. The molecular formula is C20H21Cl2N3O3. The van der Waals surface area contributed by atoms with Crippen LogP contribution in [0.4, 0.5) is 5.69 Å². The number of rotatable bonds is 7. The summed E-state index contributed by atoms with van der Waals surface area (Å²) in [5, 5.41) is 8.83. The van der Waals surface area contributed by atoms with Crippen LogP contribution in [0.5, 0.6) is 0 Å². The molecule has 0 fully saturated rings. The van der Waals surface area contributed by atoms with E-state index in [0.717, 1.165) is 5.56 Å². The van der Waals surface area contributed by atoms with Gasteiger partial charge in [-0.2, -0.15) is 0 Å². The molecule has 1 atom stereocenters. The van der Waals surface area contributed by atoms with Gasteiger partial charge in [-0.1, -0.05) is 41.4 Å². The Morgan fingerprint density at radius 2 is 1.68 bits per heavy atom. The number of benzene rings is 2. The molecule has 0 aliphatic rings. The van der Waals surface area contributed by atoms with E-state index >= 15 is 0 Å². The lowest BCUT2D eigenvalue weighted by Gasteiger charge is -2.15. The first kappa shape index (κ1) is 21.7. The van der Waals surface area contributed by atoms with Crippen molar-refractivity contribution >= 4 is 46.6 Å². The third-order valence-electron chi connectivity index (χ3n) is 4.05. The second-order valence-electron chi connectivity index (χ2n) is 6.18. The van der Waals surface area contributed by atoms with Crippen molar-refractivity contribution in [2.75, 3.05) is 11.9 Å². The van der Waals surface area contributed by atoms with Crippen molar-refractivity contribution in [3.8, 4) is 0 Å². The first-order valence-electron chi connectivity index (χ1n) is 8.67.